The minimum absolute atomic E-state index is 0.269. The molecule has 19 heavy (non-hydrogen) atoms. The van der Waals surface area contributed by atoms with Crippen LogP contribution in [0, 0.1) is 0 Å². The van der Waals surface area contributed by atoms with Gasteiger partial charge in [0, 0.05) is 44.4 Å². The lowest BCUT2D eigenvalue weighted by molar-refractivity contribution is -0.118. The molecule has 1 fully saturated rings. The quantitative estimate of drug-likeness (QED) is 0.868. The van der Waals surface area contributed by atoms with E-state index in [-0.39, 0.29) is 5.60 Å². The molecule has 0 atom stereocenters. The zero-order valence-electron chi connectivity index (χ0n) is 11.8. The fourth-order valence-corrected chi connectivity index (χ4v) is 2.32. The molecule has 1 aromatic heterocycles. The van der Waals surface area contributed by atoms with Crippen LogP contribution in [0.15, 0.2) is 18.3 Å². The average molecular weight is 265 g/mol. The van der Waals surface area contributed by atoms with Gasteiger partial charge in [-0.25, -0.2) is 4.98 Å². The number of hydrogen-bond donors (Lipinski definition) is 1. The Balaban J connectivity index is 2.11. The van der Waals surface area contributed by atoms with E-state index in [1.54, 1.807) is 0 Å². The fraction of sp³-hybridized carbons (Fsp3) is 0.643. The minimum Gasteiger partial charge on any atom is -0.384 e. The van der Waals surface area contributed by atoms with Crippen molar-refractivity contribution in [3.05, 3.63) is 23.9 Å². The molecule has 2 rings (SSSR count). The minimum atomic E-state index is -0.269. The molecule has 0 unspecified atom stereocenters. The van der Waals surface area contributed by atoms with Crippen molar-refractivity contribution in [3.8, 4) is 0 Å². The van der Waals surface area contributed by atoms with Gasteiger partial charge in [-0.1, -0.05) is 6.07 Å². The maximum Gasteiger partial charge on any atom is 0.123 e. The zero-order chi connectivity index (χ0) is 13.7. The van der Waals surface area contributed by atoms with E-state index in [9.17, 15) is 0 Å². The van der Waals surface area contributed by atoms with E-state index in [0.29, 0.717) is 12.4 Å². The molecule has 1 aliphatic rings. The Kier molecular flexibility index (Phi) is 4.74. The Labute approximate surface area is 114 Å². The lowest BCUT2D eigenvalue weighted by Crippen LogP contribution is -2.38. The Hall–Kier alpha value is -1.17. The predicted molar refractivity (Wildman–Crippen MR) is 74.9 cm³/mol. The first kappa shape index (κ1) is 14.2. The van der Waals surface area contributed by atoms with Crippen LogP contribution in [0.25, 0.3) is 0 Å². The highest BCUT2D eigenvalue weighted by Gasteiger charge is 2.35. The van der Waals surface area contributed by atoms with E-state index >= 15 is 0 Å². The van der Waals surface area contributed by atoms with Gasteiger partial charge in [0.2, 0.25) is 0 Å². The van der Waals surface area contributed by atoms with Crippen LogP contribution in [0.5, 0.6) is 0 Å². The van der Waals surface area contributed by atoms with Gasteiger partial charge in [0.1, 0.15) is 5.82 Å². The van der Waals surface area contributed by atoms with E-state index in [1.807, 2.05) is 32.4 Å². The average Bonchev–Trinajstić information content (AvgIpc) is 2.40. The number of ether oxygens (including phenoxy) is 2. The molecule has 5 heteroatoms. The molecule has 0 amide bonds. The molecule has 0 bridgehead atoms. The summed E-state index contributed by atoms with van der Waals surface area (Å²) in [5.74, 6) is 0.541. The molecule has 0 spiro atoms. The summed E-state index contributed by atoms with van der Waals surface area (Å²) in [4.78, 5) is 6.31. The molecule has 0 radical (unpaired) electrons. The summed E-state index contributed by atoms with van der Waals surface area (Å²) in [6.45, 7) is 3.07. The van der Waals surface area contributed by atoms with Crippen LogP contribution in [-0.2, 0) is 15.1 Å². The Bertz CT molecular complexity index is 386. The number of aromatic nitrogens is 1. The first-order valence-electron chi connectivity index (χ1n) is 6.71. The van der Waals surface area contributed by atoms with Crippen molar-refractivity contribution in [2.45, 2.75) is 18.4 Å². The van der Waals surface area contributed by atoms with Gasteiger partial charge in [-0.2, -0.15) is 0 Å². The van der Waals surface area contributed by atoms with Crippen molar-refractivity contribution in [1.82, 2.24) is 9.88 Å². The van der Waals surface area contributed by atoms with Gasteiger partial charge >= 0.3 is 0 Å². The molecule has 1 aromatic rings. The van der Waals surface area contributed by atoms with Gasteiger partial charge in [0.25, 0.3) is 0 Å². The summed E-state index contributed by atoms with van der Waals surface area (Å²) in [6, 6.07) is 3.85. The molecule has 0 saturated carbocycles. The van der Waals surface area contributed by atoms with Crippen molar-refractivity contribution in [2.75, 3.05) is 46.2 Å². The first-order chi connectivity index (χ1) is 9.12. The second-order valence-electron chi connectivity index (χ2n) is 5.23. The number of nitrogens with zero attached hydrogens (tertiary/aromatic N) is 2. The SMILES string of the molecule is CN(C)CCOC1(c2ccc(N)nc2)CCOCC1. The van der Waals surface area contributed by atoms with Crippen LogP contribution in [0.3, 0.4) is 0 Å². The van der Waals surface area contributed by atoms with Gasteiger partial charge in [-0.3, -0.25) is 0 Å². The number of rotatable bonds is 5. The standard InChI is InChI=1S/C14H23N3O2/c1-17(2)7-10-19-14(5-8-18-9-6-14)12-3-4-13(15)16-11-12/h3-4,11H,5-10H2,1-2H3,(H2,15,16). The number of nitrogens with two attached hydrogens (primary N) is 1. The largest absolute Gasteiger partial charge is 0.384 e. The molecule has 2 heterocycles. The van der Waals surface area contributed by atoms with E-state index < -0.39 is 0 Å². The highest BCUT2D eigenvalue weighted by molar-refractivity contribution is 5.32. The molecule has 106 valence electrons. The fourth-order valence-electron chi connectivity index (χ4n) is 2.32. The van der Waals surface area contributed by atoms with Crippen LogP contribution in [-0.4, -0.2) is 50.3 Å². The van der Waals surface area contributed by atoms with E-state index in [1.165, 1.54) is 0 Å². The second-order valence-corrected chi connectivity index (χ2v) is 5.23. The lowest BCUT2D eigenvalue weighted by Gasteiger charge is -2.37. The predicted octanol–water partition coefficient (Wildman–Crippen LogP) is 1.25. The molecular weight excluding hydrogens is 242 g/mol. The van der Waals surface area contributed by atoms with Gasteiger partial charge in [0.05, 0.1) is 12.2 Å². The van der Waals surface area contributed by atoms with E-state index in [0.717, 1.165) is 38.2 Å². The number of pyridine rings is 1. The Morgan fingerprint density at radius 1 is 1.37 bits per heavy atom. The highest BCUT2D eigenvalue weighted by atomic mass is 16.5. The van der Waals surface area contributed by atoms with Crippen molar-refractivity contribution in [1.29, 1.82) is 0 Å². The molecule has 5 nitrogen and oxygen atoms in total. The van der Waals surface area contributed by atoms with Crippen molar-refractivity contribution < 1.29 is 9.47 Å². The molecule has 1 aliphatic heterocycles. The topological polar surface area (TPSA) is 60.6 Å². The smallest absolute Gasteiger partial charge is 0.123 e. The van der Waals surface area contributed by atoms with Gasteiger partial charge < -0.3 is 20.1 Å². The number of likely N-dealkylation sites (N-methyl/N-ethyl adjacent to an activating group) is 1. The molecule has 1 saturated heterocycles. The Morgan fingerprint density at radius 3 is 2.68 bits per heavy atom. The van der Waals surface area contributed by atoms with Crippen molar-refractivity contribution in [2.24, 2.45) is 0 Å². The van der Waals surface area contributed by atoms with E-state index in [4.69, 9.17) is 15.2 Å². The van der Waals surface area contributed by atoms with E-state index in [2.05, 4.69) is 9.88 Å². The normalized spacial score (nSPS) is 18.7. The van der Waals surface area contributed by atoms with Gasteiger partial charge in [-0.15, -0.1) is 0 Å². The summed E-state index contributed by atoms with van der Waals surface area (Å²) >= 11 is 0. The summed E-state index contributed by atoms with van der Waals surface area (Å²) in [7, 11) is 4.09. The van der Waals surface area contributed by atoms with Crippen LogP contribution in [0.1, 0.15) is 18.4 Å². The van der Waals surface area contributed by atoms with Crippen molar-refractivity contribution >= 4 is 5.82 Å². The monoisotopic (exact) mass is 265 g/mol. The first-order valence-corrected chi connectivity index (χ1v) is 6.71. The number of hydrogen-bond acceptors (Lipinski definition) is 5. The van der Waals surface area contributed by atoms with Crippen LogP contribution in [0.4, 0.5) is 5.82 Å². The van der Waals surface area contributed by atoms with Gasteiger partial charge in [0.15, 0.2) is 0 Å². The van der Waals surface area contributed by atoms with Crippen LogP contribution >= 0.6 is 0 Å². The van der Waals surface area contributed by atoms with Gasteiger partial charge in [-0.05, 0) is 20.2 Å². The molecular formula is C14H23N3O2. The lowest BCUT2D eigenvalue weighted by atomic mass is 9.87. The maximum absolute atomic E-state index is 6.20. The molecule has 0 aromatic carbocycles. The third kappa shape index (κ3) is 3.65. The summed E-state index contributed by atoms with van der Waals surface area (Å²) in [6.07, 6.45) is 3.56. The maximum atomic E-state index is 6.20. The molecule has 0 aliphatic carbocycles. The third-order valence-electron chi connectivity index (χ3n) is 3.53. The number of nitrogen functional groups attached to an aromatic ring is 1. The summed E-state index contributed by atoms with van der Waals surface area (Å²) in [5.41, 5.74) is 6.49. The summed E-state index contributed by atoms with van der Waals surface area (Å²) < 4.78 is 11.7. The van der Waals surface area contributed by atoms with Crippen LogP contribution in [0.2, 0.25) is 0 Å². The highest BCUT2D eigenvalue weighted by Crippen LogP contribution is 2.35. The third-order valence-corrected chi connectivity index (χ3v) is 3.53. The second kappa shape index (κ2) is 6.32. The van der Waals surface area contributed by atoms with Crippen molar-refractivity contribution in [3.63, 3.8) is 0 Å². The molecule has 2 N–H and O–H groups in total. The number of anilines is 1. The Morgan fingerprint density at radius 2 is 2.11 bits per heavy atom. The summed E-state index contributed by atoms with van der Waals surface area (Å²) in [5, 5.41) is 0. The zero-order valence-corrected chi connectivity index (χ0v) is 11.8. The van der Waals surface area contributed by atoms with Crippen LogP contribution < -0.4 is 5.73 Å².